The largest absolute Gasteiger partial charge is 1.00 e. The molecular formula is C34H32BrOP. The molecule has 0 atom stereocenters. The van der Waals surface area contributed by atoms with Gasteiger partial charge >= 0.3 is 0 Å². The molecule has 0 amide bonds. The summed E-state index contributed by atoms with van der Waals surface area (Å²) >= 11 is 0. The lowest BCUT2D eigenvalue weighted by Gasteiger charge is -2.28. The highest BCUT2D eigenvalue weighted by Gasteiger charge is 2.45. The van der Waals surface area contributed by atoms with Gasteiger partial charge in [0.15, 0.2) is 0 Å². The highest BCUT2D eigenvalue weighted by molar-refractivity contribution is 7.95. The van der Waals surface area contributed by atoms with Crippen molar-refractivity contribution < 1.29 is 21.7 Å². The zero-order valence-electron chi connectivity index (χ0n) is 21.1. The predicted octanol–water partition coefficient (Wildman–Crippen LogP) is 3.98. The number of hydrogen-bond acceptors (Lipinski definition) is 1. The number of benzene rings is 5. The van der Waals surface area contributed by atoms with Gasteiger partial charge in [-0.15, -0.1) is 0 Å². The Hall–Kier alpha value is -3.19. The van der Waals surface area contributed by atoms with Crippen molar-refractivity contribution in [3.05, 3.63) is 156 Å². The van der Waals surface area contributed by atoms with Gasteiger partial charge in [0.25, 0.3) is 0 Å². The first-order chi connectivity index (χ1) is 17.8. The van der Waals surface area contributed by atoms with Crippen molar-refractivity contribution in [2.45, 2.75) is 19.0 Å². The molecule has 0 aliphatic rings. The summed E-state index contributed by atoms with van der Waals surface area (Å²) in [6.07, 6.45) is 3.03. The molecule has 5 aromatic carbocycles. The molecule has 0 bridgehead atoms. The van der Waals surface area contributed by atoms with Crippen LogP contribution < -0.4 is 37.6 Å². The van der Waals surface area contributed by atoms with Crippen LogP contribution in [0.3, 0.4) is 0 Å². The second kappa shape index (κ2) is 12.9. The molecule has 186 valence electrons. The topological polar surface area (TPSA) is 9.23 Å². The fourth-order valence-electron chi connectivity index (χ4n) is 5.05. The van der Waals surface area contributed by atoms with Crippen molar-refractivity contribution in [3.8, 4) is 5.75 Å². The maximum Gasteiger partial charge on any atom is 0.118 e. The van der Waals surface area contributed by atoms with E-state index in [1.165, 1.54) is 32.6 Å². The minimum atomic E-state index is -1.92. The third-order valence-corrected chi connectivity index (χ3v) is 11.3. The van der Waals surface area contributed by atoms with Crippen molar-refractivity contribution in [1.29, 1.82) is 0 Å². The van der Waals surface area contributed by atoms with E-state index in [1.807, 2.05) is 0 Å². The molecule has 3 heteroatoms. The van der Waals surface area contributed by atoms with Crippen LogP contribution in [0.25, 0.3) is 0 Å². The molecule has 0 spiro atoms. The Bertz CT molecular complexity index is 1270. The molecule has 0 aliphatic carbocycles. The Labute approximate surface area is 232 Å². The summed E-state index contributed by atoms with van der Waals surface area (Å²) in [6.45, 7) is 0. The summed E-state index contributed by atoms with van der Waals surface area (Å²) in [4.78, 5) is 0. The summed E-state index contributed by atoms with van der Waals surface area (Å²) in [5.41, 5.74) is 4.21. The molecule has 0 saturated carbocycles. The zero-order chi connectivity index (χ0) is 24.6. The molecule has 0 aromatic heterocycles. The molecule has 0 fully saturated rings. The highest BCUT2D eigenvalue weighted by Crippen LogP contribution is 2.58. The van der Waals surface area contributed by atoms with Crippen LogP contribution in [-0.4, -0.2) is 7.11 Å². The van der Waals surface area contributed by atoms with E-state index < -0.39 is 7.26 Å². The molecule has 0 radical (unpaired) electrons. The lowest BCUT2D eigenvalue weighted by molar-refractivity contribution is -0.00000734. The van der Waals surface area contributed by atoms with E-state index in [2.05, 4.69) is 140 Å². The van der Waals surface area contributed by atoms with Crippen LogP contribution in [0.2, 0.25) is 0 Å². The molecule has 0 N–H and O–H groups in total. The second-order valence-corrected chi connectivity index (χ2v) is 12.6. The normalized spacial score (nSPS) is 10.9. The number of halogens is 1. The van der Waals surface area contributed by atoms with E-state index in [0.29, 0.717) is 0 Å². The smallest absolute Gasteiger partial charge is 0.118 e. The van der Waals surface area contributed by atoms with Gasteiger partial charge in [0.1, 0.15) is 28.9 Å². The van der Waals surface area contributed by atoms with Gasteiger partial charge in [0.2, 0.25) is 0 Å². The number of aryl methyl sites for hydroxylation is 2. The molecule has 0 heterocycles. The van der Waals surface area contributed by atoms with Crippen LogP contribution in [0.15, 0.2) is 140 Å². The Morgan fingerprint density at radius 2 is 0.919 bits per heavy atom. The molecule has 0 aliphatic heterocycles. The van der Waals surface area contributed by atoms with E-state index in [-0.39, 0.29) is 17.0 Å². The quantitative estimate of drug-likeness (QED) is 0.245. The molecule has 1 nitrogen and oxygen atoms in total. The predicted molar refractivity (Wildman–Crippen MR) is 156 cm³/mol. The van der Waals surface area contributed by atoms with Crippen LogP contribution in [0.1, 0.15) is 16.7 Å². The molecule has 37 heavy (non-hydrogen) atoms. The first-order valence-corrected chi connectivity index (χ1v) is 14.5. The maximum atomic E-state index is 5.34. The van der Waals surface area contributed by atoms with Gasteiger partial charge in [0, 0.05) is 0 Å². The summed E-state index contributed by atoms with van der Waals surface area (Å²) in [5.74, 6) is 0.905. The van der Waals surface area contributed by atoms with Gasteiger partial charge in [-0.2, -0.15) is 0 Å². The Morgan fingerprint density at radius 1 is 0.486 bits per heavy atom. The van der Waals surface area contributed by atoms with Crippen molar-refractivity contribution in [1.82, 2.24) is 0 Å². The van der Waals surface area contributed by atoms with Crippen LogP contribution in [0.4, 0.5) is 0 Å². The molecule has 5 rings (SSSR count). The van der Waals surface area contributed by atoms with Crippen LogP contribution >= 0.6 is 7.26 Å². The van der Waals surface area contributed by atoms with Crippen molar-refractivity contribution in [2.75, 3.05) is 7.11 Å². The minimum absolute atomic E-state index is 0. The average molecular weight is 568 g/mol. The summed E-state index contributed by atoms with van der Waals surface area (Å²) in [6, 6.07) is 50.9. The fourth-order valence-corrected chi connectivity index (χ4v) is 9.36. The summed E-state index contributed by atoms with van der Waals surface area (Å²) in [5, 5.41) is 4.27. The van der Waals surface area contributed by atoms with Gasteiger partial charge in [-0.1, -0.05) is 91.0 Å². The number of rotatable bonds is 9. The van der Waals surface area contributed by atoms with Gasteiger partial charge in [0.05, 0.1) is 13.3 Å². The molecule has 0 saturated heterocycles. The van der Waals surface area contributed by atoms with E-state index in [4.69, 9.17) is 4.74 Å². The Balaban J connectivity index is 0.00000320. The van der Waals surface area contributed by atoms with E-state index >= 15 is 0 Å². The monoisotopic (exact) mass is 566 g/mol. The standard InChI is InChI=1S/C34H32OP.BrH/c1-35-31-25-22-28(23-26-31)21-24-29-13-11-12-14-30(29)27-36(32-15-5-2-6-16-32,33-17-7-3-8-18-33)34-19-9-4-10-20-34;/h2-20,22-23,25-26H,21,24,27H2,1H3;1H/q+1;/p-1. The first-order valence-electron chi connectivity index (χ1n) is 12.5. The van der Waals surface area contributed by atoms with Crippen molar-refractivity contribution in [2.24, 2.45) is 0 Å². The third kappa shape index (κ3) is 6.04. The molecular weight excluding hydrogens is 535 g/mol. The molecule has 0 unspecified atom stereocenters. The molecule has 5 aromatic rings. The Morgan fingerprint density at radius 3 is 1.38 bits per heavy atom. The van der Waals surface area contributed by atoms with Gasteiger partial charge in [-0.05, 0) is 78.1 Å². The van der Waals surface area contributed by atoms with Crippen LogP contribution in [-0.2, 0) is 19.0 Å². The number of ether oxygens (including phenoxy) is 1. The van der Waals surface area contributed by atoms with Crippen LogP contribution in [0, 0.1) is 0 Å². The highest BCUT2D eigenvalue weighted by atomic mass is 79.9. The summed E-state index contributed by atoms with van der Waals surface area (Å²) < 4.78 is 5.34. The van der Waals surface area contributed by atoms with Gasteiger partial charge < -0.3 is 21.7 Å². The zero-order valence-corrected chi connectivity index (χ0v) is 23.6. The van der Waals surface area contributed by atoms with E-state index in [0.717, 1.165) is 24.8 Å². The SMILES string of the molecule is COc1ccc(CCc2ccccc2C[P+](c2ccccc2)(c2ccccc2)c2ccccc2)cc1.[Br-]. The second-order valence-electron chi connectivity index (χ2n) is 9.09. The summed E-state index contributed by atoms with van der Waals surface area (Å²) in [7, 11) is -0.210. The Kier molecular flexibility index (Phi) is 9.34. The van der Waals surface area contributed by atoms with Crippen LogP contribution in [0.5, 0.6) is 5.75 Å². The van der Waals surface area contributed by atoms with E-state index in [9.17, 15) is 0 Å². The fraction of sp³-hybridized carbons (Fsp3) is 0.118. The van der Waals surface area contributed by atoms with Crippen molar-refractivity contribution in [3.63, 3.8) is 0 Å². The van der Waals surface area contributed by atoms with Crippen molar-refractivity contribution >= 4 is 23.2 Å². The average Bonchev–Trinajstić information content (AvgIpc) is 2.97. The lowest BCUT2D eigenvalue weighted by Crippen LogP contribution is -3.00. The third-order valence-electron chi connectivity index (χ3n) is 6.96. The number of hydrogen-bond donors (Lipinski definition) is 0. The first kappa shape index (κ1) is 26.9. The maximum absolute atomic E-state index is 5.34. The van der Waals surface area contributed by atoms with E-state index in [1.54, 1.807) is 7.11 Å². The lowest BCUT2D eigenvalue weighted by atomic mass is 10.0. The van der Waals surface area contributed by atoms with Gasteiger partial charge in [-0.25, -0.2) is 0 Å². The van der Waals surface area contributed by atoms with Gasteiger partial charge in [-0.3, -0.25) is 0 Å². The minimum Gasteiger partial charge on any atom is -1.00 e. The number of methoxy groups -OCH3 is 1.